The Hall–Kier alpha value is -1.53. The van der Waals surface area contributed by atoms with Crippen molar-refractivity contribution in [3.63, 3.8) is 0 Å². The van der Waals surface area contributed by atoms with Crippen LogP contribution >= 0.6 is 11.6 Å². The third-order valence-electron chi connectivity index (χ3n) is 3.67. The third kappa shape index (κ3) is 2.53. The molecular weight excluding hydrogens is 281 g/mol. The van der Waals surface area contributed by atoms with E-state index in [2.05, 4.69) is 20.4 Å². The van der Waals surface area contributed by atoms with Gasteiger partial charge in [0.25, 0.3) is 0 Å². The Morgan fingerprint density at radius 1 is 1.40 bits per heavy atom. The van der Waals surface area contributed by atoms with Crippen LogP contribution in [0.3, 0.4) is 0 Å². The molecule has 106 valence electrons. The van der Waals surface area contributed by atoms with Gasteiger partial charge in [-0.1, -0.05) is 0 Å². The molecule has 0 amide bonds. The molecule has 0 atom stereocenters. The van der Waals surface area contributed by atoms with E-state index in [0.717, 1.165) is 37.8 Å². The molecule has 3 heterocycles. The highest BCUT2D eigenvalue weighted by Crippen LogP contribution is 2.26. The number of piperidine rings is 1. The summed E-state index contributed by atoms with van der Waals surface area (Å²) in [6, 6.07) is 0.382. The monoisotopic (exact) mass is 296 g/mol. The van der Waals surface area contributed by atoms with Gasteiger partial charge in [0.15, 0.2) is 5.82 Å². The van der Waals surface area contributed by atoms with Gasteiger partial charge >= 0.3 is 0 Å². The fraction of sp³-hybridized carbons (Fsp3) is 0.462. The second-order valence-electron chi connectivity index (χ2n) is 5.04. The van der Waals surface area contributed by atoms with Crippen LogP contribution in [0.15, 0.2) is 12.4 Å². The van der Waals surface area contributed by atoms with Crippen LogP contribution in [0.2, 0.25) is 5.28 Å². The molecule has 20 heavy (non-hydrogen) atoms. The lowest BCUT2D eigenvalue weighted by Gasteiger charge is -2.20. The number of aromatic nitrogens is 4. The van der Waals surface area contributed by atoms with Crippen molar-refractivity contribution >= 4 is 11.6 Å². The zero-order valence-electron chi connectivity index (χ0n) is 11.2. The van der Waals surface area contributed by atoms with Crippen molar-refractivity contribution in [2.24, 2.45) is 0 Å². The van der Waals surface area contributed by atoms with Crippen LogP contribution in [0.25, 0.3) is 11.3 Å². The molecule has 1 aliphatic heterocycles. The van der Waals surface area contributed by atoms with Crippen LogP contribution in [0.5, 0.6) is 0 Å². The maximum atomic E-state index is 13.9. The average Bonchev–Trinajstić information content (AvgIpc) is 2.84. The lowest BCUT2D eigenvalue weighted by molar-refractivity contribution is -0.664. The van der Waals surface area contributed by atoms with Gasteiger partial charge in [0.05, 0.1) is 31.0 Å². The molecule has 2 aromatic rings. The Morgan fingerprint density at radius 3 is 2.90 bits per heavy atom. The summed E-state index contributed by atoms with van der Waals surface area (Å²) in [6.07, 6.45) is 5.12. The predicted octanol–water partition coefficient (Wildman–Crippen LogP) is 1.34. The van der Waals surface area contributed by atoms with Crippen LogP contribution in [0, 0.1) is 12.7 Å². The standard InChI is InChI=1S/C13H15ClFN5/c1-8-10(12-11(15)6-17-13(14)18-12)7-20(19-8)9-2-4-16-5-3-9/h6-7,9,16H,2-5H2,1H3/p+1. The number of rotatable bonds is 2. The first kappa shape index (κ1) is 13.5. The van der Waals surface area contributed by atoms with E-state index in [4.69, 9.17) is 11.6 Å². The minimum absolute atomic E-state index is 0.0424. The number of nitrogens with two attached hydrogens (primary N) is 1. The van der Waals surface area contributed by atoms with Crippen molar-refractivity contribution in [3.8, 4) is 11.3 Å². The minimum atomic E-state index is -0.478. The number of hydrogen-bond acceptors (Lipinski definition) is 3. The van der Waals surface area contributed by atoms with Gasteiger partial charge in [0, 0.05) is 24.6 Å². The number of halogens is 2. The maximum Gasteiger partial charge on any atom is 0.223 e. The first-order valence-corrected chi connectivity index (χ1v) is 7.09. The highest BCUT2D eigenvalue weighted by atomic mass is 35.5. The fourth-order valence-electron chi connectivity index (χ4n) is 2.61. The summed E-state index contributed by atoms with van der Waals surface area (Å²) in [5.41, 5.74) is 1.66. The molecule has 2 N–H and O–H groups in total. The number of nitrogens with zero attached hydrogens (tertiary/aromatic N) is 4. The van der Waals surface area contributed by atoms with Crippen molar-refractivity contribution in [2.45, 2.75) is 25.8 Å². The van der Waals surface area contributed by atoms with Crippen molar-refractivity contribution in [1.82, 2.24) is 19.7 Å². The van der Waals surface area contributed by atoms with Crippen molar-refractivity contribution in [2.75, 3.05) is 13.1 Å². The highest BCUT2D eigenvalue weighted by Gasteiger charge is 2.21. The minimum Gasteiger partial charge on any atom is -0.346 e. The van der Waals surface area contributed by atoms with E-state index in [1.54, 1.807) is 0 Å². The van der Waals surface area contributed by atoms with E-state index in [9.17, 15) is 4.39 Å². The summed E-state index contributed by atoms with van der Waals surface area (Å²) < 4.78 is 15.8. The van der Waals surface area contributed by atoms with Gasteiger partial charge in [0.1, 0.15) is 5.69 Å². The number of hydrogen-bond donors (Lipinski definition) is 1. The summed E-state index contributed by atoms with van der Waals surface area (Å²) in [5.74, 6) is -0.478. The molecule has 3 rings (SSSR count). The van der Waals surface area contributed by atoms with Gasteiger partial charge < -0.3 is 5.32 Å². The summed E-state index contributed by atoms with van der Waals surface area (Å²) in [7, 11) is 0. The van der Waals surface area contributed by atoms with E-state index in [-0.39, 0.29) is 11.0 Å². The summed E-state index contributed by atoms with van der Waals surface area (Å²) in [4.78, 5) is 7.62. The molecule has 5 nitrogen and oxygen atoms in total. The van der Waals surface area contributed by atoms with Crippen molar-refractivity contribution < 1.29 is 9.71 Å². The number of aryl methyl sites for hydroxylation is 1. The van der Waals surface area contributed by atoms with E-state index in [1.807, 2.05) is 17.8 Å². The smallest absolute Gasteiger partial charge is 0.223 e. The van der Waals surface area contributed by atoms with Crippen LogP contribution in [-0.4, -0.2) is 32.8 Å². The molecular formula is C13H16ClFN5+. The average molecular weight is 297 g/mol. The first-order chi connectivity index (χ1) is 9.65. The molecule has 0 unspecified atom stereocenters. The zero-order valence-corrected chi connectivity index (χ0v) is 11.9. The lowest BCUT2D eigenvalue weighted by Crippen LogP contribution is -2.86. The maximum absolute atomic E-state index is 13.9. The summed E-state index contributed by atoms with van der Waals surface area (Å²) in [6.45, 7) is 4.06. The van der Waals surface area contributed by atoms with Crippen molar-refractivity contribution in [1.29, 1.82) is 0 Å². The van der Waals surface area contributed by atoms with Gasteiger partial charge in [-0.3, -0.25) is 4.68 Å². The van der Waals surface area contributed by atoms with Crippen LogP contribution in [-0.2, 0) is 0 Å². The normalized spacial score (nSPS) is 16.6. The molecule has 0 saturated carbocycles. The second-order valence-corrected chi connectivity index (χ2v) is 5.38. The molecule has 0 spiro atoms. The molecule has 7 heteroatoms. The van der Waals surface area contributed by atoms with Crippen LogP contribution in [0.1, 0.15) is 24.6 Å². The number of quaternary nitrogens is 1. The van der Waals surface area contributed by atoms with E-state index < -0.39 is 5.82 Å². The van der Waals surface area contributed by atoms with Gasteiger partial charge in [-0.15, -0.1) is 0 Å². The second kappa shape index (κ2) is 5.46. The molecule has 0 aromatic carbocycles. The van der Waals surface area contributed by atoms with Crippen LogP contribution < -0.4 is 5.32 Å². The molecule has 0 radical (unpaired) electrons. The highest BCUT2D eigenvalue weighted by molar-refractivity contribution is 6.28. The van der Waals surface area contributed by atoms with E-state index in [1.165, 1.54) is 0 Å². The molecule has 2 aromatic heterocycles. The lowest BCUT2D eigenvalue weighted by atomic mass is 10.1. The Bertz CT molecular complexity index is 621. The zero-order chi connectivity index (χ0) is 14.1. The Labute approximate surface area is 121 Å². The van der Waals surface area contributed by atoms with Gasteiger partial charge in [-0.05, 0) is 18.5 Å². The Balaban J connectivity index is 1.98. The van der Waals surface area contributed by atoms with Crippen LogP contribution in [0.4, 0.5) is 4.39 Å². The SMILES string of the molecule is Cc1nn(C2CC[NH2+]CC2)cc1-c1nc(Cl)ncc1F. The summed E-state index contributed by atoms with van der Waals surface area (Å²) in [5, 5.41) is 6.86. The van der Waals surface area contributed by atoms with Crippen molar-refractivity contribution in [3.05, 3.63) is 29.2 Å². The molecule has 0 aliphatic carbocycles. The molecule has 1 fully saturated rings. The molecule has 1 aliphatic rings. The van der Waals surface area contributed by atoms with Gasteiger partial charge in [-0.25, -0.2) is 14.4 Å². The Morgan fingerprint density at radius 2 is 2.15 bits per heavy atom. The summed E-state index contributed by atoms with van der Waals surface area (Å²) >= 11 is 5.75. The Kier molecular flexibility index (Phi) is 3.67. The quantitative estimate of drug-likeness (QED) is 0.851. The largest absolute Gasteiger partial charge is 0.346 e. The predicted molar refractivity (Wildman–Crippen MR) is 72.9 cm³/mol. The van der Waals surface area contributed by atoms with E-state index >= 15 is 0 Å². The molecule has 0 bridgehead atoms. The first-order valence-electron chi connectivity index (χ1n) is 6.71. The third-order valence-corrected chi connectivity index (χ3v) is 3.85. The topological polar surface area (TPSA) is 60.2 Å². The molecule has 1 saturated heterocycles. The van der Waals surface area contributed by atoms with Gasteiger partial charge in [-0.2, -0.15) is 5.10 Å². The van der Waals surface area contributed by atoms with Gasteiger partial charge in [0.2, 0.25) is 5.28 Å². The van der Waals surface area contributed by atoms with E-state index in [0.29, 0.717) is 11.6 Å². The fourth-order valence-corrected chi connectivity index (χ4v) is 2.74.